The number of primary sulfonamides is 1. The van der Waals surface area contributed by atoms with Crippen molar-refractivity contribution in [1.29, 1.82) is 0 Å². The second kappa shape index (κ2) is 7.40. The molecular weight excluding hydrogens is 391 g/mol. The second-order valence-electron chi connectivity index (χ2n) is 5.36. The number of nitrogens with zero attached hydrogens (tertiary/aromatic N) is 1. The molecule has 2 aromatic rings. The Morgan fingerprint density at radius 2 is 1.89 bits per heavy atom. The fraction of sp³-hybridized carbons (Fsp3) is 0.200. The van der Waals surface area contributed by atoms with Gasteiger partial charge in [-0.25, -0.2) is 13.6 Å². The van der Waals surface area contributed by atoms with Crippen LogP contribution in [-0.4, -0.2) is 20.5 Å². The first-order valence-corrected chi connectivity index (χ1v) is 8.77. The summed E-state index contributed by atoms with van der Waals surface area (Å²) in [5, 5.41) is 18.6. The van der Waals surface area contributed by atoms with E-state index >= 15 is 0 Å². The normalized spacial score (nSPS) is 11.9. The van der Waals surface area contributed by atoms with E-state index in [4.69, 9.17) is 9.88 Å². The standard InChI is InChI=1S/C15H14F3N3O5S/c1-26-10-3-2-9(12(6-10)15(16,17)18)8-20-13-5-4-11(27(19,24)25)7-14(13)21(22)23/h2-7,20H,8H2,1H3,(H2,19,24,25). The topological polar surface area (TPSA) is 125 Å². The Labute approximate surface area is 151 Å². The van der Waals surface area contributed by atoms with Crippen molar-refractivity contribution < 1.29 is 31.2 Å². The summed E-state index contributed by atoms with van der Waals surface area (Å²) in [4.78, 5) is 9.80. The van der Waals surface area contributed by atoms with E-state index < -0.39 is 43.8 Å². The summed E-state index contributed by atoms with van der Waals surface area (Å²) in [7, 11) is -2.95. The maximum atomic E-state index is 13.2. The van der Waals surface area contributed by atoms with Crippen molar-refractivity contribution in [1.82, 2.24) is 0 Å². The van der Waals surface area contributed by atoms with Crippen LogP contribution in [0.2, 0.25) is 0 Å². The maximum absolute atomic E-state index is 13.2. The van der Waals surface area contributed by atoms with Crippen LogP contribution in [-0.2, 0) is 22.7 Å². The number of nitrogens with two attached hydrogens (primary N) is 1. The molecule has 2 aromatic carbocycles. The van der Waals surface area contributed by atoms with Crippen LogP contribution in [0.4, 0.5) is 24.5 Å². The molecule has 0 saturated heterocycles. The zero-order valence-electron chi connectivity index (χ0n) is 13.8. The fourth-order valence-corrected chi connectivity index (χ4v) is 2.81. The Morgan fingerprint density at radius 3 is 2.41 bits per heavy atom. The molecule has 0 bridgehead atoms. The molecule has 0 fully saturated rings. The first-order valence-electron chi connectivity index (χ1n) is 7.22. The molecule has 0 aliphatic carbocycles. The Balaban J connectivity index is 2.38. The lowest BCUT2D eigenvalue weighted by Gasteiger charge is -2.15. The number of benzene rings is 2. The zero-order valence-corrected chi connectivity index (χ0v) is 14.6. The Bertz CT molecular complexity index is 977. The second-order valence-corrected chi connectivity index (χ2v) is 6.92. The number of nitrogens with one attached hydrogen (secondary N) is 1. The Hall–Kier alpha value is -2.86. The van der Waals surface area contributed by atoms with Gasteiger partial charge in [0.25, 0.3) is 5.69 Å². The van der Waals surface area contributed by atoms with E-state index in [1.54, 1.807) is 0 Å². The molecule has 0 radical (unpaired) electrons. The predicted octanol–water partition coefficient (Wildman–Crippen LogP) is 2.88. The Morgan fingerprint density at radius 1 is 1.22 bits per heavy atom. The summed E-state index contributed by atoms with van der Waals surface area (Å²) in [6.07, 6.45) is -4.66. The predicted molar refractivity (Wildman–Crippen MR) is 89.8 cm³/mol. The van der Waals surface area contributed by atoms with E-state index in [1.807, 2.05) is 0 Å². The minimum absolute atomic E-state index is 0.00885. The van der Waals surface area contributed by atoms with Gasteiger partial charge in [0.05, 0.1) is 22.5 Å². The third-order valence-corrected chi connectivity index (χ3v) is 4.50. The molecule has 0 aliphatic heterocycles. The van der Waals surface area contributed by atoms with E-state index in [-0.39, 0.29) is 17.0 Å². The molecule has 8 nitrogen and oxygen atoms in total. The number of alkyl halides is 3. The molecule has 0 aliphatic rings. The molecule has 0 atom stereocenters. The Kier molecular flexibility index (Phi) is 5.61. The van der Waals surface area contributed by atoms with Crippen LogP contribution in [0.15, 0.2) is 41.3 Å². The van der Waals surface area contributed by atoms with Gasteiger partial charge < -0.3 is 10.1 Å². The minimum atomic E-state index is -4.66. The molecule has 2 rings (SSSR count). The van der Waals surface area contributed by atoms with E-state index in [9.17, 15) is 31.7 Å². The summed E-state index contributed by atoms with van der Waals surface area (Å²) >= 11 is 0. The lowest BCUT2D eigenvalue weighted by atomic mass is 10.1. The third-order valence-electron chi connectivity index (χ3n) is 3.59. The van der Waals surface area contributed by atoms with Gasteiger partial charge in [-0.2, -0.15) is 13.2 Å². The number of nitro benzene ring substituents is 1. The van der Waals surface area contributed by atoms with Crippen molar-refractivity contribution in [3.05, 3.63) is 57.6 Å². The van der Waals surface area contributed by atoms with Crippen LogP contribution >= 0.6 is 0 Å². The lowest BCUT2D eigenvalue weighted by molar-refractivity contribution is -0.384. The van der Waals surface area contributed by atoms with E-state index in [1.165, 1.54) is 19.2 Å². The van der Waals surface area contributed by atoms with Gasteiger partial charge >= 0.3 is 6.18 Å². The quantitative estimate of drug-likeness (QED) is 0.562. The molecule has 0 unspecified atom stereocenters. The first kappa shape index (κ1) is 20.5. The average molecular weight is 405 g/mol. The number of methoxy groups -OCH3 is 1. The molecule has 27 heavy (non-hydrogen) atoms. The first-order chi connectivity index (χ1) is 12.4. The van der Waals surface area contributed by atoms with Gasteiger partial charge in [-0.15, -0.1) is 0 Å². The maximum Gasteiger partial charge on any atom is 0.416 e. The van der Waals surface area contributed by atoms with E-state index in [0.717, 1.165) is 24.3 Å². The number of rotatable bonds is 6. The number of halogens is 3. The molecule has 146 valence electrons. The molecule has 0 heterocycles. The van der Waals surface area contributed by atoms with Crippen molar-refractivity contribution in [3.8, 4) is 5.75 Å². The molecule has 0 spiro atoms. The van der Waals surface area contributed by atoms with Crippen LogP contribution in [0, 0.1) is 10.1 Å². The van der Waals surface area contributed by atoms with Gasteiger partial charge in [-0.05, 0) is 29.8 Å². The molecule has 3 N–H and O–H groups in total. The third kappa shape index (κ3) is 4.86. The monoisotopic (exact) mass is 405 g/mol. The van der Waals surface area contributed by atoms with Crippen molar-refractivity contribution in [2.24, 2.45) is 5.14 Å². The van der Waals surface area contributed by atoms with Gasteiger partial charge in [0, 0.05) is 12.6 Å². The largest absolute Gasteiger partial charge is 0.497 e. The highest BCUT2D eigenvalue weighted by Gasteiger charge is 2.34. The van der Waals surface area contributed by atoms with Gasteiger partial charge in [0.2, 0.25) is 10.0 Å². The van der Waals surface area contributed by atoms with Gasteiger partial charge in [-0.3, -0.25) is 10.1 Å². The van der Waals surface area contributed by atoms with Crippen LogP contribution in [0.1, 0.15) is 11.1 Å². The molecule has 0 saturated carbocycles. The summed E-state index contributed by atoms with van der Waals surface area (Å²) < 4.78 is 67.0. The van der Waals surface area contributed by atoms with Crippen LogP contribution in [0.25, 0.3) is 0 Å². The van der Waals surface area contributed by atoms with Gasteiger partial charge in [0.15, 0.2) is 0 Å². The highest BCUT2D eigenvalue weighted by molar-refractivity contribution is 7.89. The number of hydrogen-bond donors (Lipinski definition) is 2. The highest BCUT2D eigenvalue weighted by atomic mass is 32.2. The van der Waals surface area contributed by atoms with Crippen molar-refractivity contribution >= 4 is 21.4 Å². The van der Waals surface area contributed by atoms with Crippen molar-refractivity contribution in [2.45, 2.75) is 17.6 Å². The lowest BCUT2D eigenvalue weighted by Crippen LogP contribution is -2.14. The molecule has 0 amide bonds. The fourth-order valence-electron chi connectivity index (χ4n) is 2.28. The minimum Gasteiger partial charge on any atom is -0.497 e. The van der Waals surface area contributed by atoms with Crippen molar-refractivity contribution in [3.63, 3.8) is 0 Å². The number of hydrogen-bond acceptors (Lipinski definition) is 6. The molecular formula is C15H14F3N3O5S. The summed E-state index contributed by atoms with van der Waals surface area (Å²) in [6.45, 7) is -0.394. The summed E-state index contributed by atoms with van der Waals surface area (Å²) in [5.74, 6) is 0.00885. The highest BCUT2D eigenvalue weighted by Crippen LogP contribution is 2.35. The van der Waals surface area contributed by atoms with Crippen LogP contribution < -0.4 is 15.2 Å². The van der Waals surface area contributed by atoms with Crippen molar-refractivity contribution in [2.75, 3.05) is 12.4 Å². The van der Waals surface area contributed by atoms with Crippen LogP contribution in [0.5, 0.6) is 5.75 Å². The van der Waals surface area contributed by atoms with E-state index in [2.05, 4.69) is 5.32 Å². The number of ether oxygens (including phenoxy) is 1. The summed E-state index contributed by atoms with van der Waals surface area (Å²) in [6, 6.07) is 6.13. The average Bonchev–Trinajstić information content (AvgIpc) is 2.57. The molecule has 0 aromatic heterocycles. The number of sulfonamides is 1. The number of anilines is 1. The van der Waals surface area contributed by atoms with Crippen LogP contribution in [0.3, 0.4) is 0 Å². The molecule has 12 heteroatoms. The summed E-state index contributed by atoms with van der Waals surface area (Å²) in [5.41, 5.74) is -1.92. The van der Waals surface area contributed by atoms with Gasteiger partial charge in [-0.1, -0.05) is 6.07 Å². The SMILES string of the molecule is COc1ccc(CNc2ccc(S(N)(=O)=O)cc2[N+](=O)[O-])c(C(F)(F)F)c1. The smallest absolute Gasteiger partial charge is 0.416 e. The zero-order chi connectivity index (χ0) is 20.4. The van der Waals surface area contributed by atoms with E-state index in [0.29, 0.717) is 0 Å². The van der Waals surface area contributed by atoms with Gasteiger partial charge in [0.1, 0.15) is 11.4 Å². The number of nitro groups is 1.